The first kappa shape index (κ1) is 18.9. The van der Waals surface area contributed by atoms with Crippen molar-refractivity contribution >= 4 is 28.1 Å². The van der Waals surface area contributed by atoms with Gasteiger partial charge in [-0.25, -0.2) is 23.7 Å². The van der Waals surface area contributed by atoms with Gasteiger partial charge < -0.3 is 20.0 Å². The molecular formula is C20H21F2N7O. The summed E-state index contributed by atoms with van der Waals surface area (Å²) in [5.74, 6) is 0.994. The van der Waals surface area contributed by atoms with Crippen LogP contribution in [0.25, 0.3) is 33.5 Å². The normalized spacial score (nSPS) is 21.5. The van der Waals surface area contributed by atoms with Crippen molar-refractivity contribution in [2.75, 3.05) is 5.32 Å². The number of aromatic amines is 1. The van der Waals surface area contributed by atoms with Gasteiger partial charge in [-0.3, -0.25) is 0 Å². The lowest BCUT2D eigenvalue weighted by atomic mass is 9.77. The number of anilines is 1. The molecule has 156 valence electrons. The number of hydrogen-bond donors (Lipinski definition) is 3. The second-order valence-corrected chi connectivity index (χ2v) is 8.10. The molecule has 0 bridgehead atoms. The van der Waals surface area contributed by atoms with Gasteiger partial charge in [-0.2, -0.15) is 4.98 Å². The number of aromatic nitrogens is 6. The molecule has 4 heterocycles. The molecule has 30 heavy (non-hydrogen) atoms. The molecule has 0 atom stereocenters. The Morgan fingerprint density at radius 2 is 2.10 bits per heavy atom. The van der Waals surface area contributed by atoms with Gasteiger partial charge in [-0.05, 0) is 38.8 Å². The van der Waals surface area contributed by atoms with Crippen molar-refractivity contribution in [1.82, 2.24) is 29.5 Å². The van der Waals surface area contributed by atoms with E-state index in [0.717, 1.165) is 10.9 Å². The van der Waals surface area contributed by atoms with Crippen LogP contribution in [0.1, 0.15) is 25.6 Å². The number of alkyl halides is 2. The maximum atomic E-state index is 13.0. The van der Waals surface area contributed by atoms with Crippen molar-refractivity contribution in [2.45, 2.75) is 51.3 Å². The molecular weight excluding hydrogens is 392 g/mol. The highest BCUT2D eigenvalue weighted by molar-refractivity contribution is 5.93. The van der Waals surface area contributed by atoms with Crippen molar-refractivity contribution in [3.05, 3.63) is 30.4 Å². The number of aryl methyl sites for hydroxylation is 1. The SMILES string of the molecule is Cc1nc2ccc(-c3c[nH]c4nc(NC5CC(C)(O)C5)ncc34)nc2n1CC(F)F. The molecule has 1 aliphatic rings. The van der Waals surface area contributed by atoms with E-state index in [-0.39, 0.29) is 6.04 Å². The molecule has 0 unspecified atom stereocenters. The van der Waals surface area contributed by atoms with Crippen LogP contribution in [0.15, 0.2) is 24.5 Å². The molecule has 0 radical (unpaired) electrons. The van der Waals surface area contributed by atoms with Crippen LogP contribution < -0.4 is 5.32 Å². The minimum Gasteiger partial charge on any atom is -0.390 e. The van der Waals surface area contributed by atoms with Crippen LogP contribution in [0.2, 0.25) is 0 Å². The number of fused-ring (bicyclic) bond motifs is 2. The summed E-state index contributed by atoms with van der Waals surface area (Å²) in [4.78, 5) is 21.0. The van der Waals surface area contributed by atoms with E-state index < -0.39 is 18.6 Å². The number of rotatable bonds is 5. The summed E-state index contributed by atoms with van der Waals surface area (Å²) in [5.41, 5.74) is 2.44. The number of H-pyrrole nitrogens is 1. The molecule has 0 saturated heterocycles. The first-order valence-corrected chi connectivity index (χ1v) is 9.74. The van der Waals surface area contributed by atoms with E-state index in [4.69, 9.17) is 0 Å². The number of imidazole rings is 1. The Morgan fingerprint density at radius 3 is 2.83 bits per heavy atom. The Hall–Kier alpha value is -3.14. The molecule has 4 aromatic heterocycles. The van der Waals surface area contributed by atoms with Gasteiger partial charge >= 0.3 is 0 Å². The van der Waals surface area contributed by atoms with Crippen LogP contribution in [0.3, 0.4) is 0 Å². The molecule has 0 aliphatic heterocycles. The molecule has 1 saturated carbocycles. The van der Waals surface area contributed by atoms with Crippen molar-refractivity contribution in [2.24, 2.45) is 0 Å². The summed E-state index contributed by atoms with van der Waals surface area (Å²) in [6.45, 7) is 3.06. The predicted octanol–water partition coefficient (Wildman–Crippen LogP) is 3.27. The molecule has 1 aliphatic carbocycles. The van der Waals surface area contributed by atoms with Gasteiger partial charge in [0, 0.05) is 29.4 Å². The van der Waals surface area contributed by atoms with Gasteiger partial charge in [0.15, 0.2) is 5.65 Å². The summed E-state index contributed by atoms with van der Waals surface area (Å²) in [6.07, 6.45) is 2.31. The van der Waals surface area contributed by atoms with E-state index >= 15 is 0 Å². The van der Waals surface area contributed by atoms with E-state index in [1.165, 1.54) is 4.57 Å². The summed E-state index contributed by atoms with van der Waals surface area (Å²) in [7, 11) is 0. The fourth-order valence-electron chi connectivity index (χ4n) is 4.10. The smallest absolute Gasteiger partial charge is 0.256 e. The number of hydrogen-bond acceptors (Lipinski definition) is 6. The van der Waals surface area contributed by atoms with Crippen LogP contribution in [-0.2, 0) is 6.54 Å². The number of nitrogens with one attached hydrogen (secondary N) is 2. The molecule has 0 spiro atoms. The zero-order valence-corrected chi connectivity index (χ0v) is 16.5. The Morgan fingerprint density at radius 1 is 1.30 bits per heavy atom. The van der Waals surface area contributed by atoms with Crippen LogP contribution in [0.4, 0.5) is 14.7 Å². The van der Waals surface area contributed by atoms with Gasteiger partial charge in [0.25, 0.3) is 6.43 Å². The van der Waals surface area contributed by atoms with Crippen molar-refractivity contribution < 1.29 is 13.9 Å². The zero-order chi connectivity index (χ0) is 21.0. The lowest BCUT2D eigenvalue weighted by Crippen LogP contribution is -2.48. The summed E-state index contributed by atoms with van der Waals surface area (Å²) >= 11 is 0. The van der Waals surface area contributed by atoms with Gasteiger partial charge in [0.1, 0.15) is 17.0 Å². The minimum atomic E-state index is -2.49. The third-order valence-electron chi connectivity index (χ3n) is 5.52. The standard InChI is InChI=1S/C20H21F2N7O/c1-10-25-15-4-3-14(27-18(15)29(10)9-16(21)22)12-7-23-17-13(12)8-24-19(28-17)26-11-5-20(2,30)6-11/h3-4,7-8,11,16,30H,5-6,9H2,1-2H3,(H2,23,24,26,28). The minimum absolute atomic E-state index is 0.148. The zero-order valence-electron chi connectivity index (χ0n) is 16.5. The van der Waals surface area contributed by atoms with Crippen molar-refractivity contribution in [3.8, 4) is 11.3 Å². The fourth-order valence-corrected chi connectivity index (χ4v) is 4.10. The average molecular weight is 413 g/mol. The van der Waals surface area contributed by atoms with Crippen LogP contribution in [0.5, 0.6) is 0 Å². The van der Waals surface area contributed by atoms with Crippen LogP contribution in [-0.4, -0.2) is 52.7 Å². The van der Waals surface area contributed by atoms with E-state index in [0.29, 0.717) is 47.1 Å². The maximum absolute atomic E-state index is 13.0. The van der Waals surface area contributed by atoms with Gasteiger partial charge in [0.05, 0.1) is 17.8 Å². The number of aliphatic hydroxyl groups is 1. The monoisotopic (exact) mass is 413 g/mol. The second-order valence-electron chi connectivity index (χ2n) is 8.10. The number of nitrogens with zero attached hydrogens (tertiary/aromatic N) is 5. The maximum Gasteiger partial charge on any atom is 0.256 e. The quantitative estimate of drug-likeness (QED) is 0.464. The van der Waals surface area contributed by atoms with Crippen LogP contribution in [0, 0.1) is 6.92 Å². The molecule has 0 amide bonds. The van der Waals surface area contributed by atoms with E-state index in [2.05, 4.69) is 30.2 Å². The van der Waals surface area contributed by atoms with Gasteiger partial charge in [-0.1, -0.05) is 0 Å². The first-order chi connectivity index (χ1) is 14.3. The average Bonchev–Trinajstić information content (AvgIpc) is 3.20. The molecule has 5 rings (SSSR count). The third kappa shape index (κ3) is 3.26. The molecule has 10 heteroatoms. The van der Waals surface area contributed by atoms with Crippen molar-refractivity contribution in [3.63, 3.8) is 0 Å². The predicted molar refractivity (Wildman–Crippen MR) is 108 cm³/mol. The largest absolute Gasteiger partial charge is 0.390 e. The molecule has 3 N–H and O–H groups in total. The van der Waals surface area contributed by atoms with Crippen LogP contribution >= 0.6 is 0 Å². The van der Waals surface area contributed by atoms with Gasteiger partial charge in [-0.15, -0.1) is 0 Å². The lowest BCUT2D eigenvalue weighted by Gasteiger charge is -2.41. The number of halogens is 2. The number of pyridine rings is 1. The topological polar surface area (TPSA) is 105 Å². The summed E-state index contributed by atoms with van der Waals surface area (Å²) < 4.78 is 27.4. The molecule has 4 aromatic rings. The van der Waals surface area contributed by atoms with E-state index in [1.807, 2.05) is 13.0 Å². The van der Waals surface area contributed by atoms with Gasteiger partial charge in [0.2, 0.25) is 5.95 Å². The molecule has 8 nitrogen and oxygen atoms in total. The third-order valence-corrected chi connectivity index (χ3v) is 5.52. The summed E-state index contributed by atoms with van der Waals surface area (Å²) in [5, 5.41) is 13.9. The Bertz CT molecular complexity index is 1240. The van der Waals surface area contributed by atoms with E-state index in [1.54, 1.807) is 25.4 Å². The van der Waals surface area contributed by atoms with E-state index in [9.17, 15) is 13.9 Å². The highest BCUT2D eigenvalue weighted by Gasteiger charge is 2.38. The lowest BCUT2D eigenvalue weighted by molar-refractivity contribution is -0.0235. The highest BCUT2D eigenvalue weighted by atomic mass is 19.3. The Kier molecular flexibility index (Phi) is 4.21. The Labute approximate surface area is 170 Å². The van der Waals surface area contributed by atoms with Crippen molar-refractivity contribution in [1.29, 1.82) is 0 Å². The highest BCUT2D eigenvalue weighted by Crippen LogP contribution is 2.34. The second kappa shape index (κ2) is 6.69. The molecule has 0 aromatic carbocycles. The molecule has 1 fully saturated rings. The fraction of sp³-hybridized carbons (Fsp3) is 0.400. The Balaban J connectivity index is 1.48. The summed E-state index contributed by atoms with van der Waals surface area (Å²) in [6, 6.07) is 3.74. The first-order valence-electron chi connectivity index (χ1n) is 9.74.